The summed E-state index contributed by atoms with van der Waals surface area (Å²) in [5.74, 6) is 0. The first kappa shape index (κ1) is 9.05. The third kappa shape index (κ3) is 2.48. The van der Waals surface area contributed by atoms with Gasteiger partial charge in [0.15, 0.2) is 0 Å². The lowest BCUT2D eigenvalue weighted by atomic mass is 10.1. The summed E-state index contributed by atoms with van der Waals surface area (Å²) in [6, 6.07) is 0.871. The van der Waals surface area contributed by atoms with Crippen molar-refractivity contribution in [2.24, 2.45) is 0 Å². The van der Waals surface area contributed by atoms with E-state index in [-0.39, 0.29) is 0 Å². The minimum Gasteiger partial charge on any atom is -0.300 e. The van der Waals surface area contributed by atoms with Crippen molar-refractivity contribution in [3.8, 4) is 0 Å². The molecule has 0 aromatic carbocycles. The van der Waals surface area contributed by atoms with Crippen LogP contribution in [0, 0.1) is 0 Å². The van der Waals surface area contributed by atoms with Gasteiger partial charge in [0, 0.05) is 6.04 Å². The molecule has 1 heterocycles. The Labute approximate surface area is 70.8 Å². The summed E-state index contributed by atoms with van der Waals surface area (Å²) in [5.41, 5.74) is 0. The summed E-state index contributed by atoms with van der Waals surface area (Å²) in [6.07, 6.45) is 6.97. The number of nitrogens with zero attached hydrogens (tertiary/aromatic N) is 1. The highest BCUT2D eigenvalue weighted by Crippen LogP contribution is 2.15. The average Bonchev–Trinajstić information content (AvgIpc) is 2.09. The fraction of sp³-hybridized carbons (Fsp3) is 1.00. The van der Waals surface area contributed by atoms with Crippen LogP contribution in [-0.2, 0) is 0 Å². The Balaban J connectivity index is 2.30. The summed E-state index contributed by atoms with van der Waals surface area (Å²) in [6.45, 7) is 7.32. The van der Waals surface area contributed by atoms with Gasteiger partial charge < -0.3 is 4.90 Å². The van der Waals surface area contributed by atoms with Crippen LogP contribution in [0.3, 0.4) is 0 Å². The van der Waals surface area contributed by atoms with Gasteiger partial charge in [-0.05, 0) is 38.8 Å². The number of hydrogen-bond acceptors (Lipinski definition) is 1. The van der Waals surface area contributed by atoms with E-state index in [2.05, 4.69) is 18.7 Å². The summed E-state index contributed by atoms with van der Waals surface area (Å²) >= 11 is 0. The van der Waals surface area contributed by atoms with Crippen LogP contribution in [0.2, 0.25) is 0 Å². The Hall–Kier alpha value is -0.0400. The highest BCUT2D eigenvalue weighted by atomic mass is 15.2. The first-order valence-electron chi connectivity index (χ1n) is 5.12. The maximum Gasteiger partial charge on any atom is 0.00900 e. The molecule has 0 aromatic heterocycles. The molecule has 0 atom stereocenters. The van der Waals surface area contributed by atoms with E-state index >= 15 is 0 Å². The zero-order chi connectivity index (χ0) is 8.10. The molecule has 1 nitrogen and oxygen atoms in total. The normalized spacial score (nSPS) is 21.0. The Bertz CT molecular complexity index is 91.0. The molecule has 66 valence electrons. The van der Waals surface area contributed by atoms with E-state index in [0.717, 1.165) is 6.04 Å². The molecular weight excluding hydrogens is 134 g/mol. The summed E-state index contributed by atoms with van der Waals surface area (Å²) < 4.78 is 0. The van der Waals surface area contributed by atoms with Gasteiger partial charge in [0.05, 0.1) is 0 Å². The fourth-order valence-corrected chi connectivity index (χ4v) is 2.09. The lowest BCUT2D eigenvalue weighted by Gasteiger charge is -2.33. The second-order valence-corrected chi connectivity index (χ2v) is 3.57. The van der Waals surface area contributed by atoms with Gasteiger partial charge in [0.25, 0.3) is 0 Å². The number of piperidine rings is 1. The van der Waals surface area contributed by atoms with Gasteiger partial charge in [-0.25, -0.2) is 0 Å². The molecule has 1 aliphatic rings. The van der Waals surface area contributed by atoms with Crippen molar-refractivity contribution in [3.63, 3.8) is 0 Å². The van der Waals surface area contributed by atoms with Crippen LogP contribution in [0.25, 0.3) is 0 Å². The summed E-state index contributed by atoms with van der Waals surface area (Å²) in [5, 5.41) is 0. The molecule has 0 bridgehead atoms. The highest BCUT2D eigenvalue weighted by molar-refractivity contribution is 4.72. The SMILES string of the molecule is CCC(CC)N1CCCCC1. The molecule has 11 heavy (non-hydrogen) atoms. The molecule has 0 saturated carbocycles. The lowest BCUT2D eigenvalue weighted by Crippen LogP contribution is -2.38. The van der Waals surface area contributed by atoms with Crippen LogP contribution in [0.1, 0.15) is 46.0 Å². The molecule has 1 saturated heterocycles. The maximum absolute atomic E-state index is 2.67. The Morgan fingerprint density at radius 2 is 1.55 bits per heavy atom. The van der Waals surface area contributed by atoms with Crippen molar-refractivity contribution in [1.29, 1.82) is 0 Å². The van der Waals surface area contributed by atoms with Gasteiger partial charge in [-0.1, -0.05) is 20.3 Å². The minimum atomic E-state index is 0.871. The predicted octanol–water partition coefficient (Wildman–Crippen LogP) is 2.66. The second kappa shape index (κ2) is 4.76. The molecular formula is C10H21N. The zero-order valence-corrected chi connectivity index (χ0v) is 7.97. The number of hydrogen-bond donors (Lipinski definition) is 0. The van der Waals surface area contributed by atoms with E-state index in [4.69, 9.17) is 0 Å². The molecule has 0 amide bonds. The molecule has 0 radical (unpaired) electrons. The largest absolute Gasteiger partial charge is 0.300 e. The van der Waals surface area contributed by atoms with Crippen LogP contribution >= 0.6 is 0 Å². The maximum atomic E-state index is 2.67. The summed E-state index contributed by atoms with van der Waals surface area (Å²) in [4.78, 5) is 2.67. The molecule has 1 rings (SSSR count). The second-order valence-electron chi connectivity index (χ2n) is 3.57. The Kier molecular flexibility index (Phi) is 3.92. The Morgan fingerprint density at radius 3 is 2.00 bits per heavy atom. The first-order chi connectivity index (χ1) is 5.38. The van der Waals surface area contributed by atoms with Crippen molar-refractivity contribution in [2.45, 2.75) is 52.0 Å². The van der Waals surface area contributed by atoms with Crippen molar-refractivity contribution in [2.75, 3.05) is 13.1 Å². The van der Waals surface area contributed by atoms with Crippen molar-refractivity contribution < 1.29 is 0 Å². The molecule has 0 spiro atoms. The number of likely N-dealkylation sites (tertiary alicyclic amines) is 1. The standard InChI is InChI=1S/C10H21N/c1-3-10(4-2)11-8-6-5-7-9-11/h10H,3-9H2,1-2H3. The molecule has 1 heteroatoms. The molecule has 1 aliphatic heterocycles. The molecule has 0 N–H and O–H groups in total. The van der Waals surface area contributed by atoms with Crippen LogP contribution in [0.4, 0.5) is 0 Å². The quantitative estimate of drug-likeness (QED) is 0.605. The minimum absolute atomic E-state index is 0.871. The van der Waals surface area contributed by atoms with Crippen LogP contribution in [0.15, 0.2) is 0 Å². The first-order valence-corrected chi connectivity index (χ1v) is 5.12. The van der Waals surface area contributed by atoms with E-state index < -0.39 is 0 Å². The zero-order valence-electron chi connectivity index (χ0n) is 7.97. The monoisotopic (exact) mass is 155 g/mol. The summed E-state index contributed by atoms with van der Waals surface area (Å²) in [7, 11) is 0. The van der Waals surface area contributed by atoms with E-state index in [1.807, 2.05) is 0 Å². The van der Waals surface area contributed by atoms with E-state index in [1.165, 1.54) is 45.2 Å². The Morgan fingerprint density at radius 1 is 1.00 bits per heavy atom. The van der Waals surface area contributed by atoms with E-state index in [1.54, 1.807) is 0 Å². The van der Waals surface area contributed by atoms with E-state index in [9.17, 15) is 0 Å². The highest BCUT2D eigenvalue weighted by Gasteiger charge is 2.16. The van der Waals surface area contributed by atoms with Gasteiger partial charge in [0.1, 0.15) is 0 Å². The molecule has 1 fully saturated rings. The van der Waals surface area contributed by atoms with Crippen molar-refractivity contribution >= 4 is 0 Å². The van der Waals surface area contributed by atoms with Crippen molar-refractivity contribution in [3.05, 3.63) is 0 Å². The third-order valence-corrected chi connectivity index (χ3v) is 2.85. The van der Waals surface area contributed by atoms with Gasteiger partial charge >= 0.3 is 0 Å². The van der Waals surface area contributed by atoms with Gasteiger partial charge in [-0.3, -0.25) is 0 Å². The third-order valence-electron chi connectivity index (χ3n) is 2.85. The topological polar surface area (TPSA) is 3.24 Å². The van der Waals surface area contributed by atoms with Crippen LogP contribution in [-0.4, -0.2) is 24.0 Å². The van der Waals surface area contributed by atoms with Crippen LogP contribution < -0.4 is 0 Å². The molecule has 0 aromatic rings. The fourth-order valence-electron chi connectivity index (χ4n) is 2.09. The van der Waals surface area contributed by atoms with Crippen LogP contribution in [0.5, 0.6) is 0 Å². The van der Waals surface area contributed by atoms with Gasteiger partial charge in [0.2, 0.25) is 0 Å². The smallest absolute Gasteiger partial charge is 0.00900 e. The number of rotatable bonds is 3. The predicted molar refractivity (Wildman–Crippen MR) is 49.8 cm³/mol. The van der Waals surface area contributed by atoms with Crippen molar-refractivity contribution in [1.82, 2.24) is 4.90 Å². The molecule has 0 aliphatic carbocycles. The lowest BCUT2D eigenvalue weighted by molar-refractivity contribution is 0.155. The average molecular weight is 155 g/mol. The van der Waals surface area contributed by atoms with Gasteiger partial charge in [-0.2, -0.15) is 0 Å². The van der Waals surface area contributed by atoms with E-state index in [0.29, 0.717) is 0 Å². The molecule has 0 unspecified atom stereocenters. The van der Waals surface area contributed by atoms with Gasteiger partial charge in [-0.15, -0.1) is 0 Å².